The molecular formula is C9H18ClN. The molecule has 66 valence electrons. The zero-order chi connectivity index (χ0) is 6.97. The summed E-state index contributed by atoms with van der Waals surface area (Å²) >= 11 is 0. The molecule has 2 aliphatic carbocycles. The van der Waals surface area contributed by atoms with Crippen LogP contribution in [0.3, 0.4) is 0 Å². The van der Waals surface area contributed by atoms with Crippen LogP contribution in [0.2, 0.25) is 0 Å². The fourth-order valence-electron chi connectivity index (χ4n) is 2.78. The van der Waals surface area contributed by atoms with Gasteiger partial charge in [0.05, 0.1) is 0 Å². The van der Waals surface area contributed by atoms with Crippen molar-refractivity contribution in [3.8, 4) is 0 Å². The van der Waals surface area contributed by atoms with Crippen molar-refractivity contribution in [3.05, 3.63) is 0 Å². The molecular weight excluding hydrogens is 158 g/mol. The first-order valence-corrected chi connectivity index (χ1v) is 4.60. The average Bonchev–Trinajstić information content (AvgIpc) is 1.85. The van der Waals surface area contributed by atoms with Gasteiger partial charge in [0, 0.05) is 6.04 Å². The molecule has 0 heterocycles. The van der Waals surface area contributed by atoms with Gasteiger partial charge in [0.15, 0.2) is 0 Å². The standard InChI is InChI=1S/C9H17N.ClH/c10-9-5-7-2-1-3-8(4-7)6-9;/h7-9H,1-6,10H2;1H. The molecule has 0 aliphatic heterocycles. The van der Waals surface area contributed by atoms with E-state index in [1.54, 1.807) is 0 Å². The van der Waals surface area contributed by atoms with Gasteiger partial charge in [-0.05, 0) is 31.1 Å². The van der Waals surface area contributed by atoms with Crippen LogP contribution in [0.4, 0.5) is 0 Å². The molecule has 2 rings (SSSR count). The molecule has 0 radical (unpaired) electrons. The minimum absolute atomic E-state index is 0. The molecule has 0 saturated heterocycles. The molecule has 2 bridgehead atoms. The van der Waals surface area contributed by atoms with Gasteiger partial charge in [-0.25, -0.2) is 0 Å². The van der Waals surface area contributed by atoms with Crippen LogP contribution >= 0.6 is 12.4 Å². The second-order valence-corrected chi connectivity index (χ2v) is 4.13. The number of halogens is 1. The van der Waals surface area contributed by atoms with Crippen molar-refractivity contribution in [2.45, 2.75) is 44.6 Å². The highest BCUT2D eigenvalue weighted by molar-refractivity contribution is 5.85. The molecule has 2 fully saturated rings. The minimum Gasteiger partial charge on any atom is -0.328 e. The van der Waals surface area contributed by atoms with Crippen molar-refractivity contribution in [1.82, 2.24) is 0 Å². The highest BCUT2D eigenvalue weighted by Crippen LogP contribution is 2.38. The second-order valence-electron chi connectivity index (χ2n) is 4.13. The summed E-state index contributed by atoms with van der Waals surface area (Å²) in [6, 6.07) is 0.545. The van der Waals surface area contributed by atoms with Gasteiger partial charge in [0.1, 0.15) is 0 Å². The Bertz CT molecular complexity index is 111. The third-order valence-electron chi connectivity index (χ3n) is 3.16. The Labute approximate surface area is 75.1 Å². The summed E-state index contributed by atoms with van der Waals surface area (Å²) in [6.45, 7) is 0. The Kier molecular flexibility index (Phi) is 3.20. The van der Waals surface area contributed by atoms with Crippen molar-refractivity contribution in [1.29, 1.82) is 0 Å². The van der Waals surface area contributed by atoms with Gasteiger partial charge < -0.3 is 5.73 Å². The van der Waals surface area contributed by atoms with E-state index >= 15 is 0 Å². The van der Waals surface area contributed by atoms with Crippen LogP contribution in [0.25, 0.3) is 0 Å². The predicted octanol–water partition coefficient (Wildman–Crippen LogP) is 2.34. The highest BCUT2D eigenvalue weighted by atomic mass is 35.5. The van der Waals surface area contributed by atoms with Crippen molar-refractivity contribution in [2.75, 3.05) is 0 Å². The third-order valence-corrected chi connectivity index (χ3v) is 3.16. The molecule has 2 N–H and O–H groups in total. The summed E-state index contributed by atoms with van der Waals surface area (Å²) in [5.41, 5.74) is 5.93. The van der Waals surface area contributed by atoms with Crippen LogP contribution in [0.1, 0.15) is 38.5 Å². The summed E-state index contributed by atoms with van der Waals surface area (Å²) in [4.78, 5) is 0. The van der Waals surface area contributed by atoms with Crippen LogP contribution in [-0.4, -0.2) is 6.04 Å². The van der Waals surface area contributed by atoms with E-state index in [1.807, 2.05) is 0 Å². The molecule has 0 amide bonds. The molecule has 0 spiro atoms. The van der Waals surface area contributed by atoms with Crippen LogP contribution in [0.5, 0.6) is 0 Å². The maximum atomic E-state index is 5.93. The topological polar surface area (TPSA) is 26.0 Å². The molecule has 0 aromatic rings. The number of fused-ring (bicyclic) bond motifs is 2. The molecule has 2 unspecified atom stereocenters. The predicted molar refractivity (Wildman–Crippen MR) is 49.9 cm³/mol. The van der Waals surface area contributed by atoms with E-state index in [0.29, 0.717) is 6.04 Å². The monoisotopic (exact) mass is 175 g/mol. The summed E-state index contributed by atoms with van der Waals surface area (Å²) in [7, 11) is 0. The summed E-state index contributed by atoms with van der Waals surface area (Å²) < 4.78 is 0. The van der Waals surface area contributed by atoms with E-state index in [1.165, 1.54) is 38.5 Å². The van der Waals surface area contributed by atoms with E-state index in [0.717, 1.165) is 11.8 Å². The lowest BCUT2D eigenvalue weighted by molar-refractivity contribution is 0.171. The van der Waals surface area contributed by atoms with Crippen LogP contribution in [-0.2, 0) is 0 Å². The zero-order valence-corrected chi connectivity index (χ0v) is 7.78. The Morgan fingerprint density at radius 3 is 2.00 bits per heavy atom. The number of hydrogen-bond acceptors (Lipinski definition) is 1. The molecule has 2 atom stereocenters. The Hall–Kier alpha value is 0.250. The van der Waals surface area contributed by atoms with Gasteiger partial charge in [-0.2, -0.15) is 0 Å². The van der Waals surface area contributed by atoms with E-state index in [2.05, 4.69) is 0 Å². The number of nitrogens with two attached hydrogens (primary N) is 1. The Balaban J connectivity index is 0.000000605. The lowest BCUT2D eigenvalue weighted by Crippen LogP contribution is -2.35. The third kappa shape index (κ3) is 2.09. The van der Waals surface area contributed by atoms with Crippen LogP contribution in [0, 0.1) is 11.8 Å². The maximum Gasteiger partial charge on any atom is 0.00441 e. The minimum atomic E-state index is 0. The molecule has 2 aliphatic rings. The molecule has 1 nitrogen and oxygen atoms in total. The van der Waals surface area contributed by atoms with E-state index < -0.39 is 0 Å². The first-order chi connectivity index (χ1) is 4.84. The van der Waals surface area contributed by atoms with E-state index in [-0.39, 0.29) is 12.4 Å². The molecule has 0 aromatic carbocycles. The molecule has 2 heteroatoms. The number of hydrogen-bond donors (Lipinski definition) is 1. The normalized spacial score (nSPS) is 42.8. The van der Waals surface area contributed by atoms with Crippen LogP contribution in [0.15, 0.2) is 0 Å². The van der Waals surface area contributed by atoms with Gasteiger partial charge in [-0.1, -0.05) is 19.3 Å². The Morgan fingerprint density at radius 2 is 1.45 bits per heavy atom. The van der Waals surface area contributed by atoms with Gasteiger partial charge in [-0.15, -0.1) is 12.4 Å². The van der Waals surface area contributed by atoms with Gasteiger partial charge >= 0.3 is 0 Å². The van der Waals surface area contributed by atoms with Crippen molar-refractivity contribution in [2.24, 2.45) is 17.6 Å². The summed E-state index contributed by atoms with van der Waals surface area (Å²) in [6.07, 6.45) is 8.52. The highest BCUT2D eigenvalue weighted by Gasteiger charge is 2.29. The maximum absolute atomic E-state index is 5.93. The molecule has 0 aromatic heterocycles. The van der Waals surface area contributed by atoms with Gasteiger partial charge in [0.25, 0.3) is 0 Å². The van der Waals surface area contributed by atoms with Gasteiger partial charge in [0.2, 0.25) is 0 Å². The smallest absolute Gasteiger partial charge is 0.00441 e. The number of rotatable bonds is 0. The van der Waals surface area contributed by atoms with Crippen molar-refractivity contribution in [3.63, 3.8) is 0 Å². The fourth-order valence-corrected chi connectivity index (χ4v) is 2.78. The average molecular weight is 176 g/mol. The lowest BCUT2D eigenvalue weighted by atomic mass is 9.71. The SMILES string of the molecule is Cl.NC1CC2CCCC(C1)C2. The fraction of sp³-hybridized carbons (Fsp3) is 1.00. The van der Waals surface area contributed by atoms with E-state index in [4.69, 9.17) is 5.73 Å². The quantitative estimate of drug-likeness (QED) is 0.601. The van der Waals surface area contributed by atoms with Gasteiger partial charge in [-0.3, -0.25) is 0 Å². The van der Waals surface area contributed by atoms with Crippen molar-refractivity contribution >= 4 is 12.4 Å². The molecule has 2 saturated carbocycles. The first kappa shape index (κ1) is 9.34. The lowest BCUT2D eigenvalue weighted by Gasteiger charge is -2.37. The first-order valence-electron chi connectivity index (χ1n) is 4.60. The Morgan fingerprint density at radius 1 is 0.909 bits per heavy atom. The largest absolute Gasteiger partial charge is 0.328 e. The molecule has 11 heavy (non-hydrogen) atoms. The second kappa shape index (κ2) is 3.77. The van der Waals surface area contributed by atoms with Crippen LogP contribution < -0.4 is 5.73 Å². The van der Waals surface area contributed by atoms with E-state index in [9.17, 15) is 0 Å². The summed E-state index contributed by atoms with van der Waals surface area (Å²) in [5, 5.41) is 0. The van der Waals surface area contributed by atoms with Crippen molar-refractivity contribution < 1.29 is 0 Å². The summed E-state index contributed by atoms with van der Waals surface area (Å²) in [5.74, 6) is 2.00. The zero-order valence-electron chi connectivity index (χ0n) is 6.96.